The molecule has 12 aromatic rings. The van der Waals surface area contributed by atoms with Crippen LogP contribution in [0, 0.1) is 10.8 Å². The summed E-state index contributed by atoms with van der Waals surface area (Å²) < 4.78 is 2.40. The van der Waals surface area contributed by atoms with E-state index in [1.54, 1.807) is 0 Å². The van der Waals surface area contributed by atoms with Crippen LogP contribution in [0.15, 0.2) is 200 Å². The van der Waals surface area contributed by atoms with E-state index in [1.165, 1.54) is 126 Å². The fourth-order valence-electron chi connectivity index (χ4n) is 13.4. The lowest BCUT2D eigenvalue weighted by atomic mass is 9.49. The molecule has 1 aliphatic rings. The summed E-state index contributed by atoms with van der Waals surface area (Å²) in [5, 5.41) is 15.6. The summed E-state index contributed by atoms with van der Waals surface area (Å²) >= 11 is 0. The zero-order valence-corrected chi connectivity index (χ0v) is 38.5. The molecule has 0 spiro atoms. The predicted molar refractivity (Wildman–Crippen MR) is 284 cm³/mol. The summed E-state index contributed by atoms with van der Waals surface area (Å²) in [6.45, 7) is 14.9. The molecule has 0 radical (unpaired) electrons. The first-order valence-electron chi connectivity index (χ1n) is 23.6. The first-order chi connectivity index (χ1) is 32.1. The van der Waals surface area contributed by atoms with E-state index in [9.17, 15) is 0 Å². The minimum atomic E-state index is -0.301. The van der Waals surface area contributed by atoms with E-state index in [-0.39, 0.29) is 16.2 Å². The predicted octanol–water partition coefficient (Wildman–Crippen LogP) is 18.2. The molecule has 13 rings (SSSR count). The number of fused-ring (bicyclic) bond motifs is 15. The van der Waals surface area contributed by atoms with E-state index >= 15 is 0 Å². The van der Waals surface area contributed by atoms with Crippen molar-refractivity contribution in [3.8, 4) is 39.1 Å². The maximum absolute atomic E-state index is 2.49. The van der Waals surface area contributed by atoms with E-state index in [2.05, 4.69) is 246 Å². The van der Waals surface area contributed by atoms with Gasteiger partial charge in [-0.3, -0.25) is 0 Å². The molecule has 0 atom stereocenters. The molecule has 0 N–H and O–H groups in total. The molecule has 1 nitrogen and oxygen atoms in total. The number of para-hydroxylation sites is 2. The van der Waals surface area contributed by atoms with Crippen molar-refractivity contribution in [2.24, 2.45) is 10.8 Å². The van der Waals surface area contributed by atoms with Crippen LogP contribution in [0.25, 0.3) is 115 Å². The number of nitrogens with zero attached hydrogens (tertiary/aromatic N) is 1. The van der Waals surface area contributed by atoms with Gasteiger partial charge in [0.05, 0.1) is 11.0 Å². The van der Waals surface area contributed by atoms with Gasteiger partial charge in [0, 0.05) is 21.9 Å². The Kier molecular flexibility index (Phi) is 8.12. The summed E-state index contributed by atoms with van der Waals surface area (Å²) in [6, 6.07) is 75.4. The molecular formula is C65H51N. The third-order valence-electron chi connectivity index (χ3n) is 15.4. The molecule has 0 amide bonds. The summed E-state index contributed by atoms with van der Waals surface area (Å²) in [5.74, 6) is 0. The van der Waals surface area contributed by atoms with Crippen molar-refractivity contribution in [2.75, 3.05) is 0 Å². The van der Waals surface area contributed by atoms with Gasteiger partial charge in [-0.2, -0.15) is 0 Å². The highest BCUT2D eigenvalue weighted by molar-refractivity contribution is 6.24. The monoisotopic (exact) mass is 845 g/mol. The van der Waals surface area contributed by atoms with Crippen molar-refractivity contribution < 1.29 is 0 Å². The quantitative estimate of drug-likeness (QED) is 0.123. The van der Waals surface area contributed by atoms with Crippen LogP contribution >= 0.6 is 0 Å². The van der Waals surface area contributed by atoms with Crippen LogP contribution in [-0.4, -0.2) is 4.57 Å². The highest BCUT2D eigenvalue weighted by atomic mass is 15.0. The van der Waals surface area contributed by atoms with Gasteiger partial charge in [-0.15, -0.1) is 0 Å². The fraction of sp³-hybridized carbons (Fsp3) is 0.138. The van der Waals surface area contributed by atoms with Gasteiger partial charge in [-0.25, -0.2) is 0 Å². The standard InChI is InChI=1S/C65H51N/c1-63(2,3)65(64(4,5)6)61-44-35-33-41(38-40(44)32-36-54(61)60-48-25-12-10-22-45(48)46-23-11-17-30-53(46)62(60)65)58-49-26-13-15-28-51(49)59(52-29-16-14-27-50(52)58)42-34-37-57-55(39-42)47-24-18-19-31-56(47)66(57)43-20-8-7-9-21-43/h7-39H,1-6H3. The highest BCUT2D eigenvalue weighted by Crippen LogP contribution is 2.68. The second-order valence-electron chi connectivity index (χ2n) is 20.8. The first kappa shape index (κ1) is 38.9. The molecule has 1 aliphatic carbocycles. The Morgan fingerprint density at radius 3 is 1.36 bits per heavy atom. The molecule has 0 saturated carbocycles. The first-order valence-corrected chi connectivity index (χ1v) is 23.6. The molecular weight excluding hydrogens is 795 g/mol. The highest BCUT2D eigenvalue weighted by Gasteiger charge is 2.59. The van der Waals surface area contributed by atoms with Crippen LogP contribution in [0.2, 0.25) is 0 Å². The molecule has 0 saturated heterocycles. The van der Waals surface area contributed by atoms with E-state index < -0.39 is 0 Å². The van der Waals surface area contributed by atoms with Gasteiger partial charge in [-0.1, -0.05) is 205 Å². The van der Waals surface area contributed by atoms with Gasteiger partial charge in [0.15, 0.2) is 0 Å². The zero-order valence-electron chi connectivity index (χ0n) is 38.5. The number of hydrogen-bond acceptors (Lipinski definition) is 0. The van der Waals surface area contributed by atoms with Gasteiger partial charge in [0.2, 0.25) is 0 Å². The lowest BCUT2D eigenvalue weighted by Crippen LogP contribution is -2.50. The number of benzene rings is 11. The van der Waals surface area contributed by atoms with Crippen molar-refractivity contribution in [1.29, 1.82) is 0 Å². The molecule has 1 aromatic heterocycles. The number of rotatable bonds is 3. The van der Waals surface area contributed by atoms with E-state index in [0.29, 0.717) is 0 Å². The minimum Gasteiger partial charge on any atom is -0.309 e. The Bertz CT molecular complexity index is 3930. The van der Waals surface area contributed by atoms with Gasteiger partial charge in [0.25, 0.3) is 0 Å². The van der Waals surface area contributed by atoms with Crippen LogP contribution in [-0.2, 0) is 5.41 Å². The van der Waals surface area contributed by atoms with Crippen molar-refractivity contribution in [1.82, 2.24) is 4.57 Å². The van der Waals surface area contributed by atoms with Gasteiger partial charge >= 0.3 is 0 Å². The Hall–Kier alpha value is -7.48. The molecule has 0 bridgehead atoms. The summed E-state index contributed by atoms with van der Waals surface area (Å²) in [5.41, 5.74) is 13.8. The van der Waals surface area contributed by atoms with Crippen LogP contribution in [0.4, 0.5) is 0 Å². The maximum Gasteiger partial charge on any atom is 0.0541 e. The van der Waals surface area contributed by atoms with Crippen molar-refractivity contribution in [3.63, 3.8) is 0 Å². The number of aromatic nitrogens is 1. The number of hydrogen-bond donors (Lipinski definition) is 0. The molecule has 0 aliphatic heterocycles. The zero-order chi connectivity index (χ0) is 44.7. The van der Waals surface area contributed by atoms with Crippen LogP contribution < -0.4 is 0 Å². The van der Waals surface area contributed by atoms with Crippen molar-refractivity contribution in [3.05, 3.63) is 211 Å². The third kappa shape index (κ3) is 5.12. The molecule has 66 heavy (non-hydrogen) atoms. The molecule has 0 unspecified atom stereocenters. The summed E-state index contributed by atoms with van der Waals surface area (Å²) in [4.78, 5) is 0. The van der Waals surface area contributed by atoms with Crippen LogP contribution in [0.1, 0.15) is 52.7 Å². The fourth-order valence-corrected chi connectivity index (χ4v) is 13.4. The topological polar surface area (TPSA) is 4.93 Å². The lowest BCUT2D eigenvalue weighted by Gasteiger charge is -2.54. The molecule has 316 valence electrons. The Morgan fingerprint density at radius 2 is 0.773 bits per heavy atom. The largest absolute Gasteiger partial charge is 0.309 e. The smallest absolute Gasteiger partial charge is 0.0541 e. The lowest BCUT2D eigenvalue weighted by molar-refractivity contribution is 0.0977. The van der Waals surface area contributed by atoms with Gasteiger partial charge in [-0.05, 0) is 146 Å². The van der Waals surface area contributed by atoms with Crippen LogP contribution in [0.5, 0.6) is 0 Å². The summed E-state index contributed by atoms with van der Waals surface area (Å²) in [6.07, 6.45) is 0. The Morgan fingerprint density at radius 1 is 0.318 bits per heavy atom. The maximum atomic E-state index is 2.49. The van der Waals surface area contributed by atoms with E-state index in [4.69, 9.17) is 0 Å². The Labute approximate surface area is 386 Å². The van der Waals surface area contributed by atoms with Crippen molar-refractivity contribution in [2.45, 2.75) is 47.0 Å². The SMILES string of the molecule is CC(C)(C)C1(C(C)(C)C)c2c(ccc3cc(-c4c5ccccc5c(-c5ccc6c(c5)c5ccccc5n6-c5ccccc5)c5ccccc45)ccc23)-c2c1c1ccccc1c1ccccc21. The molecule has 1 heterocycles. The summed E-state index contributed by atoms with van der Waals surface area (Å²) in [7, 11) is 0. The molecule has 0 fully saturated rings. The minimum absolute atomic E-state index is 0.120. The second kappa shape index (κ2) is 13.8. The van der Waals surface area contributed by atoms with Crippen molar-refractivity contribution >= 4 is 75.7 Å². The van der Waals surface area contributed by atoms with Crippen LogP contribution in [0.3, 0.4) is 0 Å². The molecule has 11 aromatic carbocycles. The average molecular weight is 846 g/mol. The second-order valence-corrected chi connectivity index (χ2v) is 20.8. The third-order valence-corrected chi connectivity index (χ3v) is 15.4. The van der Waals surface area contributed by atoms with Gasteiger partial charge < -0.3 is 4.57 Å². The van der Waals surface area contributed by atoms with E-state index in [1.807, 2.05) is 0 Å². The molecule has 1 heteroatoms. The Balaban J connectivity index is 1.07. The normalized spacial score (nSPS) is 13.7. The van der Waals surface area contributed by atoms with E-state index in [0.717, 1.165) is 0 Å². The van der Waals surface area contributed by atoms with Gasteiger partial charge in [0.1, 0.15) is 0 Å². The average Bonchev–Trinajstić information content (AvgIpc) is 3.86.